The van der Waals surface area contributed by atoms with Gasteiger partial charge >= 0.3 is 0 Å². The summed E-state index contributed by atoms with van der Waals surface area (Å²) in [5.74, 6) is 0.705. The number of hydrogen-bond donors (Lipinski definition) is 2. The van der Waals surface area contributed by atoms with Gasteiger partial charge in [-0.15, -0.1) is 0 Å². The average Bonchev–Trinajstić information content (AvgIpc) is 2.83. The minimum absolute atomic E-state index is 0.207. The molecule has 0 saturated heterocycles. The first kappa shape index (κ1) is 22.9. The molecule has 2 N–H and O–H groups in total. The number of aromatic nitrogens is 1. The predicted octanol–water partition coefficient (Wildman–Crippen LogP) is 6.11. The summed E-state index contributed by atoms with van der Waals surface area (Å²) in [4.78, 5) is 6.75. The predicted molar refractivity (Wildman–Crippen MR) is 135 cm³/mol. The summed E-state index contributed by atoms with van der Waals surface area (Å²) in [5, 5.41) is 15.8. The van der Waals surface area contributed by atoms with Crippen LogP contribution >= 0.6 is 11.6 Å². The zero-order valence-corrected chi connectivity index (χ0v) is 19.4. The maximum Gasteiger partial charge on any atom is 0.162 e. The summed E-state index contributed by atoms with van der Waals surface area (Å²) in [6, 6.07) is 23.8. The van der Waals surface area contributed by atoms with Crippen LogP contribution in [0.15, 0.2) is 79.0 Å². The van der Waals surface area contributed by atoms with Crippen LogP contribution in [-0.2, 0) is 13.1 Å². The lowest BCUT2D eigenvalue weighted by Gasteiger charge is -2.24. The fourth-order valence-electron chi connectivity index (χ4n) is 3.96. The van der Waals surface area contributed by atoms with Gasteiger partial charge in [0.25, 0.3) is 0 Å². The third-order valence-electron chi connectivity index (χ3n) is 5.62. The smallest absolute Gasteiger partial charge is 0.162 e. The molecular weight excluding hydrogens is 434 g/mol. The standard InChI is InChI=1S/C27H28ClN3O2/c1-33-26-10-5-9-21(27(26)32)19-31(18-20-7-3-2-4-8-20)16-6-14-29-24-13-15-30-25-17-22(28)11-12-23(24)25/h2-5,7-13,15,17,32H,6,14,16,18-19H2,1H3,(H,29,30). The van der Waals surface area contributed by atoms with Gasteiger partial charge in [0.05, 0.1) is 12.6 Å². The summed E-state index contributed by atoms with van der Waals surface area (Å²) in [6.07, 6.45) is 2.74. The molecule has 0 aliphatic heterocycles. The molecule has 0 amide bonds. The fraction of sp³-hybridized carbons (Fsp3) is 0.222. The van der Waals surface area contributed by atoms with Crippen LogP contribution in [0.1, 0.15) is 17.5 Å². The second kappa shape index (κ2) is 11.0. The monoisotopic (exact) mass is 461 g/mol. The van der Waals surface area contributed by atoms with Crippen LogP contribution in [0.3, 0.4) is 0 Å². The molecule has 0 saturated carbocycles. The molecule has 3 aromatic carbocycles. The van der Waals surface area contributed by atoms with Crippen molar-refractivity contribution in [3.8, 4) is 11.5 Å². The molecule has 0 bridgehead atoms. The first-order chi connectivity index (χ1) is 16.1. The Bertz CT molecular complexity index is 1200. The Morgan fingerprint density at radius 1 is 1.00 bits per heavy atom. The van der Waals surface area contributed by atoms with Crippen LogP contribution in [0.5, 0.6) is 11.5 Å². The second-order valence-corrected chi connectivity index (χ2v) is 8.40. The quantitative estimate of drug-likeness (QED) is 0.279. The molecule has 33 heavy (non-hydrogen) atoms. The molecule has 0 aliphatic carbocycles. The van der Waals surface area contributed by atoms with Gasteiger partial charge in [0.15, 0.2) is 11.5 Å². The minimum Gasteiger partial charge on any atom is -0.504 e. The van der Waals surface area contributed by atoms with Gasteiger partial charge in [-0.3, -0.25) is 9.88 Å². The number of methoxy groups -OCH3 is 1. The van der Waals surface area contributed by atoms with Gasteiger partial charge in [0.1, 0.15) is 0 Å². The van der Waals surface area contributed by atoms with E-state index in [9.17, 15) is 5.11 Å². The first-order valence-corrected chi connectivity index (χ1v) is 11.4. The number of fused-ring (bicyclic) bond motifs is 1. The molecule has 170 valence electrons. The molecule has 1 aromatic heterocycles. The molecule has 0 atom stereocenters. The average molecular weight is 462 g/mol. The van der Waals surface area contributed by atoms with E-state index in [2.05, 4.69) is 39.5 Å². The molecule has 5 nitrogen and oxygen atoms in total. The van der Waals surface area contributed by atoms with Crippen LogP contribution in [-0.4, -0.2) is 35.2 Å². The van der Waals surface area contributed by atoms with Gasteiger partial charge in [0, 0.05) is 54.0 Å². The van der Waals surface area contributed by atoms with E-state index in [0.29, 0.717) is 17.3 Å². The van der Waals surface area contributed by atoms with Crippen molar-refractivity contribution in [3.63, 3.8) is 0 Å². The third kappa shape index (κ3) is 5.95. The van der Waals surface area contributed by atoms with Crippen molar-refractivity contribution in [3.05, 3.63) is 95.1 Å². The number of rotatable bonds is 10. The first-order valence-electron chi connectivity index (χ1n) is 11.0. The molecular formula is C27H28ClN3O2. The van der Waals surface area contributed by atoms with E-state index in [1.807, 2.05) is 42.5 Å². The number of phenols is 1. The number of nitrogens with one attached hydrogen (secondary N) is 1. The van der Waals surface area contributed by atoms with Gasteiger partial charge in [-0.25, -0.2) is 0 Å². The van der Waals surface area contributed by atoms with E-state index in [1.165, 1.54) is 5.56 Å². The minimum atomic E-state index is 0.207. The number of ether oxygens (including phenoxy) is 1. The highest BCUT2D eigenvalue weighted by Gasteiger charge is 2.13. The number of nitrogens with zero attached hydrogens (tertiary/aromatic N) is 2. The third-order valence-corrected chi connectivity index (χ3v) is 5.85. The molecule has 0 unspecified atom stereocenters. The highest BCUT2D eigenvalue weighted by atomic mass is 35.5. The van der Waals surface area contributed by atoms with Gasteiger partial charge in [-0.05, 0) is 42.3 Å². The Labute approximate surface area is 199 Å². The Hall–Kier alpha value is -3.28. The van der Waals surface area contributed by atoms with Crippen LogP contribution in [0.2, 0.25) is 5.02 Å². The maximum absolute atomic E-state index is 10.6. The van der Waals surface area contributed by atoms with Crippen LogP contribution in [0.4, 0.5) is 5.69 Å². The molecule has 1 heterocycles. The van der Waals surface area contributed by atoms with Crippen molar-refractivity contribution < 1.29 is 9.84 Å². The van der Waals surface area contributed by atoms with Gasteiger partial charge in [0.2, 0.25) is 0 Å². The number of halogens is 1. The summed E-state index contributed by atoms with van der Waals surface area (Å²) < 4.78 is 5.28. The van der Waals surface area contributed by atoms with E-state index >= 15 is 0 Å². The Kier molecular flexibility index (Phi) is 7.66. The Balaban J connectivity index is 1.42. The van der Waals surface area contributed by atoms with Crippen LogP contribution in [0.25, 0.3) is 10.9 Å². The van der Waals surface area contributed by atoms with Gasteiger partial charge in [-0.2, -0.15) is 0 Å². The maximum atomic E-state index is 10.6. The van der Waals surface area contributed by atoms with Gasteiger partial charge in [-0.1, -0.05) is 54.1 Å². The zero-order chi connectivity index (χ0) is 23.0. The number of benzene rings is 3. The summed E-state index contributed by atoms with van der Waals surface area (Å²) in [5.41, 5.74) is 4.03. The summed E-state index contributed by atoms with van der Waals surface area (Å²) >= 11 is 6.10. The normalized spacial score (nSPS) is 11.1. The second-order valence-electron chi connectivity index (χ2n) is 7.96. The molecule has 6 heteroatoms. The van der Waals surface area contributed by atoms with Crippen LogP contribution in [0, 0.1) is 0 Å². The van der Waals surface area contributed by atoms with Crippen LogP contribution < -0.4 is 10.1 Å². The number of para-hydroxylation sites is 1. The van der Waals surface area contributed by atoms with Crippen molar-refractivity contribution in [1.82, 2.24) is 9.88 Å². The van der Waals surface area contributed by atoms with E-state index in [1.54, 1.807) is 19.4 Å². The summed E-state index contributed by atoms with van der Waals surface area (Å²) in [6.45, 7) is 3.12. The lowest BCUT2D eigenvalue weighted by Crippen LogP contribution is -2.25. The van der Waals surface area contributed by atoms with E-state index in [-0.39, 0.29) is 5.75 Å². The number of hydrogen-bond acceptors (Lipinski definition) is 5. The Morgan fingerprint density at radius 2 is 1.85 bits per heavy atom. The topological polar surface area (TPSA) is 57.6 Å². The molecule has 0 radical (unpaired) electrons. The lowest BCUT2D eigenvalue weighted by molar-refractivity contribution is 0.251. The van der Waals surface area contributed by atoms with Crippen molar-refractivity contribution >= 4 is 28.2 Å². The highest BCUT2D eigenvalue weighted by Crippen LogP contribution is 2.30. The SMILES string of the molecule is COc1cccc(CN(CCCNc2ccnc3cc(Cl)ccc23)Cc2ccccc2)c1O. The number of pyridine rings is 1. The molecule has 4 rings (SSSR count). The van der Waals surface area contributed by atoms with Gasteiger partial charge < -0.3 is 15.2 Å². The van der Waals surface area contributed by atoms with Crippen molar-refractivity contribution in [2.75, 3.05) is 25.5 Å². The molecule has 0 fully saturated rings. The highest BCUT2D eigenvalue weighted by molar-refractivity contribution is 6.31. The number of anilines is 1. The zero-order valence-electron chi connectivity index (χ0n) is 18.7. The van der Waals surface area contributed by atoms with Crippen molar-refractivity contribution in [2.45, 2.75) is 19.5 Å². The molecule has 0 aliphatic rings. The van der Waals surface area contributed by atoms with E-state index in [4.69, 9.17) is 16.3 Å². The Morgan fingerprint density at radius 3 is 2.67 bits per heavy atom. The fourth-order valence-corrected chi connectivity index (χ4v) is 4.12. The van der Waals surface area contributed by atoms with Crippen molar-refractivity contribution in [2.24, 2.45) is 0 Å². The summed E-state index contributed by atoms with van der Waals surface area (Å²) in [7, 11) is 1.57. The number of phenolic OH excluding ortho intramolecular Hbond substituents is 1. The lowest BCUT2D eigenvalue weighted by atomic mass is 10.1. The molecule has 4 aromatic rings. The van der Waals surface area contributed by atoms with Crippen molar-refractivity contribution in [1.29, 1.82) is 0 Å². The van der Waals surface area contributed by atoms with E-state index < -0.39 is 0 Å². The van der Waals surface area contributed by atoms with E-state index in [0.717, 1.165) is 48.2 Å². The molecule has 0 spiro atoms. The number of aromatic hydroxyl groups is 1. The largest absolute Gasteiger partial charge is 0.504 e.